The standard InChI is InChI=1S/C37H15F3N6O2/c38-37(39,40)48-26-9-3-20(4-10-26)22-6-12-28-30(14-22)32(24(17-43)18-44)36-34(28)46-35-31(23(15-41)16-42)29-13-21(5-11-27(29)33(35)45-36)19-1-7-25(47)8-2-19/h1-14,47H. The van der Waals surface area contributed by atoms with Crippen LogP contribution in [0.2, 0.25) is 0 Å². The molecule has 1 N–H and O–H groups in total. The quantitative estimate of drug-likeness (QED) is 0.192. The topological polar surface area (TPSA) is 150 Å². The largest absolute Gasteiger partial charge is 0.573 e. The number of rotatable bonds is 3. The van der Waals surface area contributed by atoms with Gasteiger partial charge in [-0.05, 0) is 69.8 Å². The summed E-state index contributed by atoms with van der Waals surface area (Å²) in [6.07, 6.45) is -4.84. The molecule has 4 aromatic carbocycles. The summed E-state index contributed by atoms with van der Waals surface area (Å²) in [5.74, 6) is -0.279. The highest BCUT2D eigenvalue weighted by Crippen LogP contribution is 2.51. The number of phenols is 1. The summed E-state index contributed by atoms with van der Waals surface area (Å²) in [5.41, 5.74) is 6.21. The van der Waals surface area contributed by atoms with Crippen LogP contribution in [-0.4, -0.2) is 21.4 Å². The highest BCUT2D eigenvalue weighted by Gasteiger charge is 2.37. The van der Waals surface area contributed by atoms with Crippen molar-refractivity contribution in [3.63, 3.8) is 0 Å². The van der Waals surface area contributed by atoms with Gasteiger partial charge in [0.1, 0.15) is 58.3 Å². The van der Waals surface area contributed by atoms with E-state index in [1.54, 1.807) is 48.5 Å². The Morgan fingerprint density at radius 1 is 0.542 bits per heavy atom. The van der Waals surface area contributed by atoms with E-state index in [1.165, 1.54) is 24.3 Å². The molecule has 48 heavy (non-hydrogen) atoms. The smallest absolute Gasteiger partial charge is 0.508 e. The predicted molar refractivity (Wildman–Crippen MR) is 167 cm³/mol. The van der Waals surface area contributed by atoms with Gasteiger partial charge in [0, 0.05) is 22.3 Å². The SMILES string of the molecule is N#CC(C#N)=C1c2cc(-c3ccc(O)cc3)ccc2-c2nc3c(nc21)-c1ccc(-c2ccc(OC(F)(F)F)cc2)cc1C3=C(C#N)C#N. The molecule has 0 bridgehead atoms. The second kappa shape index (κ2) is 11.0. The van der Waals surface area contributed by atoms with Crippen molar-refractivity contribution in [1.82, 2.24) is 9.97 Å². The zero-order chi connectivity index (χ0) is 33.7. The molecule has 2 aliphatic carbocycles. The van der Waals surface area contributed by atoms with E-state index >= 15 is 0 Å². The van der Waals surface area contributed by atoms with E-state index in [1.807, 2.05) is 36.4 Å². The molecule has 0 fully saturated rings. The van der Waals surface area contributed by atoms with E-state index in [-0.39, 0.29) is 39.6 Å². The predicted octanol–water partition coefficient (Wildman–Crippen LogP) is 8.07. The molecular weight excluding hydrogens is 617 g/mol. The number of halogens is 3. The monoisotopic (exact) mass is 632 g/mol. The van der Waals surface area contributed by atoms with Gasteiger partial charge in [-0.2, -0.15) is 21.0 Å². The van der Waals surface area contributed by atoms with Crippen molar-refractivity contribution >= 4 is 11.1 Å². The molecule has 0 saturated carbocycles. The molecule has 0 saturated heterocycles. The summed E-state index contributed by atoms with van der Waals surface area (Å²) in [7, 11) is 0. The number of aromatic nitrogens is 2. The lowest BCUT2D eigenvalue weighted by Gasteiger charge is -2.10. The van der Waals surface area contributed by atoms with Crippen LogP contribution in [0.5, 0.6) is 11.5 Å². The summed E-state index contributed by atoms with van der Waals surface area (Å²) >= 11 is 0. The Morgan fingerprint density at radius 3 is 1.33 bits per heavy atom. The second-order valence-corrected chi connectivity index (χ2v) is 10.7. The number of phenolic OH excluding ortho intramolecular Hbond substituents is 1. The number of nitrogens with zero attached hydrogens (tertiary/aromatic N) is 6. The van der Waals surface area contributed by atoms with Crippen LogP contribution < -0.4 is 4.74 Å². The Morgan fingerprint density at radius 2 is 0.938 bits per heavy atom. The zero-order valence-corrected chi connectivity index (χ0v) is 24.3. The van der Waals surface area contributed by atoms with Gasteiger partial charge in [-0.25, -0.2) is 9.97 Å². The molecule has 0 amide bonds. The van der Waals surface area contributed by atoms with Gasteiger partial charge >= 0.3 is 6.36 Å². The summed E-state index contributed by atoms with van der Waals surface area (Å²) in [4.78, 5) is 9.84. The highest BCUT2D eigenvalue weighted by molar-refractivity contribution is 6.07. The molecule has 0 radical (unpaired) electrons. The fourth-order valence-corrected chi connectivity index (χ4v) is 5.97. The Hall–Kier alpha value is -7.21. The molecule has 8 nitrogen and oxygen atoms in total. The number of fused-ring (bicyclic) bond motifs is 6. The fourth-order valence-electron chi connectivity index (χ4n) is 5.97. The zero-order valence-electron chi connectivity index (χ0n) is 24.3. The van der Waals surface area contributed by atoms with Gasteiger partial charge in [0.25, 0.3) is 0 Å². The molecule has 7 rings (SSSR count). The lowest BCUT2D eigenvalue weighted by Crippen LogP contribution is -2.16. The first-order valence-corrected chi connectivity index (χ1v) is 14.1. The molecule has 2 aliphatic rings. The number of ether oxygens (including phenoxy) is 1. The third-order valence-corrected chi connectivity index (χ3v) is 8.03. The molecule has 0 unspecified atom stereocenters. The lowest BCUT2D eigenvalue weighted by atomic mass is 9.96. The maximum Gasteiger partial charge on any atom is 0.573 e. The van der Waals surface area contributed by atoms with Crippen LogP contribution in [0.15, 0.2) is 96.1 Å². The minimum atomic E-state index is -4.84. The van der Waals surface area contributed by atoms with Crippen LogP contribution in [0.25, 0.3) is 55.9 Å². The molecule has 5 aromatic rings. The van der Waals surface area contributed by atoms with Crippen molar-refractivity contribution in [2.75, 3.05) is 0 Å². The van der Waals surface area contributed by atoms with Gasteiger partial charge in [-0.15, -0.1) is 13.2 Å². The molecular formula is C37H15F3N6O2. The van der Waals surface area contributed by atoms with Crippen LogP contribution in [0.3, 0.4) is 0 Å². The van der Waals surface area contributed by atoms with Gasteiger partial charge in [0.05, 0.1) is 11.4 Å². The number of hydrogen-bond donors (Lipinski definition) is 1. The van der Waals surface area contributed by atoms with E-state index in [4.69, 9.17) is 9.97 Å². The fraction of sp³-hybridized carbons (Fsp3) is 0.0270. The molecule has 0 spiro atoms. The normalized spacial score (nSPS) is 12.0. The van der Waals surface area contributed by atoms with Gasteiger partial charge < -0.3 is 9.84 Å². The van der Waals surface area contributed by atoms with Crippen molar-refractivity contribution in [2.45, 2.75) is 6.36 Å². The molecule has 0 atom stereocenters. The highest BCUT2D eigenvalue weighted by atomic mass is 19.4. The number of benzene rings is 4. The first kappa shape index (κ1) is 29.5. The molecule has 226 valence electrons. The van der Waals surface area contributed by atoms with Crippen LogP contribution in [0.1, 0.15) is 22.5 Å². The Kier molecular flexibility index (Phi) is 6.76. The minimum absolute atomic E-state index is 0.103. The van der Waals surface area contributed by atoms with Crippen LogP contribution >= 0.6 is 0 Å². The maximum absolute atomic E-state index is 12.7. The maximum atomic E-state index is 12.7. The molecule has 1 aromatic heterocycles. The Bertz CT molecular complexity index is 2420. The van der Waals surface area contributed by atoms with E-state index in [0.29, 0.717) is 50.3 Å². The van der Waals surface area contributed by atoms with Crippen molar-refractivity contribution in [2.24, 2.45) is 0 Å². The Labute approximate surface area is 270 Å². The first-order valence-electron chi connectivity index (χ1n) is 14.1. The van der Waals surface area contributed by atoms with E-state index in [9.17, 15) is 39.3 Å². The summed E-state index contributed by atoms with van der Waals surface area (Å²) in [5, 5.41) is 49.5. The van der Waals surface area contributed by atoms with Crippen LogP contribution in [-0.2, 0) is 0 Å². The average molecular weight is 633 g/mol. The van der Waals surface area contributed by atoms with Crippen molar-refractivity contribution < 1.29 is 23.0 Å². The molecule has 1 heterocycles. The molecule has 0 aliphatic heterocycles. The average Bonchev–Trinajstić information content (AvgIpc) is 3.56. The summed E-state index contributed by atoms with van der Waals surface area (Å²) in [6.45, 7) is 0. The van der Waals surface area contributed by atoms with Gasteiger partial charge in [-0.1, -0.05) is 48.5 Å². The van der Waals surface area contributed by atoms with Gasteiger partial charge in [-0.3, -0.25) is 0 Å². The van der Waals surface area contributed by atoms with Crippen LogP contribution in [0.4, 0.5) is 13.2 Å². The summed E-state index contributed by atoms with van der Waals surface area (Å²) < 4.78 is 42.0. The van der Waals surface area contributed by atoms with Crippen molar-refractivity contribution in [3.05, 3.63) is 119 Å². The third-order valence-electron chi connectivity index (χ3n) is 8.03. The molecule has 11 heteroatoms. The van der Waals surface area contributed by atoms with Gasteiger partial charge in [0.2, 0.25) is 0 Å². The van der Waals surface area contributed by atoms with E-state index in [2.05, 4.69) is 4.74 Å². The number of nitriles is 4. The number of aromatic hydroxyl groups is 1. The third kappa shape index (κ3) is 4.77. The van der Waals surface area contributed by atoms with Crippen molar-refractivity contribution in [1.29, 1.82) is 21.0 Å². The van der Waals surface area contributed by atoms with E-state index < -0.39 is 6.36 Å². The van der Waals surface area contributed by atoms with Gasteiger partial charge in [0.15, 0.2) is 0 Å². The van der Waals surface area contributed by atoms with Crippen molar-refractivity contribution in [3.8, 4) is 80.5 Å². The Balaban J connectivity index is 1.41. The second-order valence-electron chi connectivity index (χ2n) is 10.7. The number of allylic oxidation sites excluding steroid dienone is 2. The first-order chi connectivity index (χ1) is 23.1. The number of hydrogen-bond acceptors (Lipinski definition) is 8. The van der Waals surface area contributed by atoms with Crippen LogP contribution in [0, 0.1) is 45.3 Å². The minimum Gasteiger partial charge on any atom is -0.508 e. The lowest BCUT2D eigenvalue weighted by molar-refractivity contribution is -0.274. The van der Waals surface area contributed by atoms with E-state index in [0.717, 1.165) is 11.1 Å². The summed E-state index contributed by atoms with van der Waals surface area (Å²) in [6, 6.07) is 30.3. The number of alkyl halides is 3.